The van der Waals surface area contributed by atoms with Gasteiger partial charge in [-0.2, -0.15) is 0 Å². The molecule has 1 atom stereocenters. The van der Waals surface area contributed by atoms with E-state index in [2.05, 4.69) is 5.43 Å². The highest BCUT2D eigenvalue weighted by molar-refractivity contribution is 6.31. The number of nitrogens with one attached hydrogen (secondary N) is 1. The van der Waals surface area contributed by atoms with E-state index in [4.69, 9.17) is 22.2 Å². The molecule has 21 heavy (non-hydrogen) atoms. The standard InChI is InChI=1S/C16H18ClFN2O/c1-9-8-14(21-3)10(2)7-12(9)16(20-19)11-5-4-6-13(18)15(11)17/h4-8,16,20H,19H2,1-3H3. The Morgan fingerprint density at radius 2 is 1.90 bits per heavy atom. The first-order valence-electron chi connectivity index (χ1n) is 6.54. The number of halogens is 2. The third-order valence-corrected chi connectivity index (χ3v) is 3.95. The van der Waals surface area contributed by atoms with Crippen LogP contribution in [0.4, 0.5) is 4.39 Å². The molecule has 0 saturated heterocycles. The summed E-state index contributed by atoms with van der Waals surface area (Å²) in [5.74, 6) is 6.03. The molecule has 0 spiro atoms. The van der Waals surface area contributed by atoms with Crippen molar-refractivity contribution in [1.82, 2.24) is 5.43 Å². The highest BCUT2D eigenvalue weighted by Gasteiger charge is 2.20. The average molecular weight is 309 g/mol. The maximum atomic E-state index is 13.7. The highest BCUT2D eigenvalue weighted by atomic mass is 35.5. The van der Waals surface area contributed by atoms with E-state index in [9.17, 15) is 4.39 Å². The van der Waals surface area contributed by atoms with Crippen LogP contribution in [-0.4, -0.2) is 7.11 Å². The quantitative estimate of drug-likeness (QED) is 0.669. The van der Waals surface area contributed by atoms with E-state index < -0.39 is 11.9 Å². The summed E-state index contributed by atoms with van der Waals surface area (Å²) in [6.45, 7) is 3.90. The Balaban J connectivity index is 2.57. The molecule has 3 N–H and O–H groups in total. The van der Waals surface area contributed by atoms with Gasteiger partial charge in [-0.3, -0.25) is 5.84 Å². The molecule has 0 heterocycles. The zero-order valence-corrected chi connectivity index (χ0v) is 13.0. The summed E-state index contributed by atoms with van der Waals surface area (Å²) in [4.78, 5) is 0. The van der Waals surface area contributed by atoms with Crippen LogP contribution in [0.5, 0.6) is 5.75 Å². The van der Waals surface area contributed by atoms with E-state index >= 15 is 0 Å². The van der Waals surface area contributed by atoms with Crippen LogP contribution in [0.1, 0.15) is 28.3 Å². The van der Waals surface area contributed by atoms with Gasteiger partial charge in [0.25, 0.3) is 0 Å². The van der Waals surface area contributed by atoms with Crippen molar-refractivity contribution in [2.75, 3.05) is 7.11 Å². The molecule has 112 valence electrons. The van der Waals surface area contributed by atoms with Crippen molar-refractivity contribution in [3.05, 3.63) is 63.4 Å². The van der Waals surface area contributed by atoms with Gasteiger partial charge in [-0.05, 0) is 48.2 Å². The normalized spacial score (nSPS) is 12.3. The van der Waals surface area contributed by atoms with Crippen molar-refractivity contribution in [1.29, 1.82) is 0 Å². The molecule has 5 heteroatoms. The molecular formula is C16H18ClFN2O. The average Bonchev–Trinajstić information content (AvgIpc) is 2.47. The lowest BCUT2D eigenvalue weighted by molar-refractivity contribution is 0.411. The molecule has 0 aliphatic rings. The Morgan fingerprint density at radius 3 is 2.52 bits per heavy atom. The number of benzene rings is 2. The van der Waals surface area contributed by atoms with Crippen molar-refractivity contribution >= 4 is 11.6 Å². The number of ether oxygens (including phenoxy) is 1. The van der Waals surface area contributed by atoms with E-state index in [1.807, 2.05) is 26.0 Å². The second-order valence-electron chi connectivity index (χ2n) is 4.92. The Morgan fingerprint density at radius 1 is 1.19 bits per heavy atom. The van der Waals surface area contributed by atoms with Crippen LogP contribution in [0, 0.1) is 19.7 Å². The lowest BCUT2D eigenvalue weighted by Gasteiger charge is -2.22. The number of hydrazine groups is 1. The van der Waals surface area contributed by atoms with Crippen LogP contribution < -0.4 is 16.0 Å². The SMILES string of the molecule is COc1cc(C)c(C(NN)c2cccc(F)c2Cl)cc1C. The Bertz CT molecular complexity index is 661. The van der Waals surface area contributed by atoms with Crippen LogP contribution in [0.15, 0.2) is 30.3 Å². The molecule has 0 radical (unpaired) electrons. The third-order valence-electron chi connectivity index (χ3n) is 3.55. The third kappa shape index (κ3) is 3.02. The second kappa shape index (κ2) is 6.43. The molecule has 3 nitrogen and oxygen atoms in total. The zero-order valence-electron chi connectivity index (χ0n) is 12.2. The van der Waals surface area contributed by atoms with Crippen molar-refractivity contribution in [2.24, 2.45) is 5.84 Å². The number of nitrogens with two attached hydrogens (primary N) is 1. The molecule has 2 aromatic carbocycles. The van der Waals surface area contributed by atoms with E-state index in [-0.39, 0.29) is 5.02 Å². The summed E-state index contributed by atoms with van der Waals surface area (Å²) in [6.07, 6.45) is 0. The molecule has 0 amide bonds. The summed E-state index contributed by atoms with van der Waals surface area (Å²) in [6, 6.07) is 8.22. The lowest BCUT2D eigenvalue weighted by atomic mass is 9.93. The zero-order chi connectivity index (χ0) is 15.6. The smallest absolute Gasteiger partial charge is 0.142 e. The van der Waals surface area contributed by atoms with Gasteiger partial charge in [0.2, 0.25) is 0 Å². The topological polar surface area (TPSA) is 47.3 Å². The molecule has 2 aromatic rings. The van der Waals surface area contributed by atoms with Crippen molar-refractivity contribution < 1.29 is 9.13 Å². The lowest BCUT2D eigenvalue weighted by Crippen LogP contribution is -2.29. The van der Waals surface area contributed by atoms with Crippen molar-refractivity contribution in [3.63, 3.8) is 0 Å². The maximum absolute atomic E-state index is 13.7. The van der Waals surface area contributed by atoms with Crippen LogP contribution in [0.25, 0.3) is 0 Å². The Labute approximate surface area is 128 Å². The largest absolute Gasteiger partial charge is 0.496 e. The van der Waals surface area contributed by atoms with Crippen LogP contribution in [0.3, 0.4) is 0 Å². The van der Waals surface area contributed by atoms with Gasteiger partial charge in [0.15, 0.2) is 0 Å². The van der Waals surface area contributed by atoms with E-state index in [1.54, 1.807) is 19.2 Å². The van der Waals surface area contributed by atoms with Gasteiger partial charge in [0.1, 0.15) is 11.6 Å². The molecule has 0 aromatic heterocycles. The number of rotatable bonds is 4. The molecular weight excluding hydrogens is 291 g/mol. The molecule has 0 saturated carbocycles. The molecule has 0 bridgehead atoms. The van der Waals surface area contributed by atoms with Crippen LogP contribution in [0.2, 0.25) is 5.02 Å². The summed E-state index contributed by atoms with van der Waals surface area (Å²) in [5, 5.41) is 0.0771. The summed E-state index contributed by atoms with van der Waals surface area (Å²) in [5.41, 5.74) is 6.22. The Hall–Kier alpha value is -1.62. The van der Waals surface area contributed by atoms with Gasteiger partial charge < -0.3 is 4.74 Å². The second-order valence-corrected chi connectivity index (χ2v) is 5.30. The minimum atomic E-state index is -0.461. The first-order valence-corrected chi connectivity index (χ1v) is 6.92. The van der Waals surface area contributed by atoms with Crippen LogP contribution >= 0.6 is 11.6 Å². The van der Waals surface area contributed by atoms with Crippen molar-refractivity contribution in [3.8, 4) is 5.75 Å². The van der Waals surface area contributed by atoms with Gasteiger partial charge in [0, 0.05) is 0 Å². The minimum Gasteiger partial charge on any atom is -0.496 e. The highest BCUT2D eigenvalue weighted by Crippen LogP contribution is 2.33. The number of hydrogen-bond donors (Lipinski definition) is 2. The van der Waals surface area contributed by atoms with Crippen LogP contribution in [-0.2, 0) is 0 Å². The molecule has 0 aliphatic heterocycles. The van der Waals surface area contributed by atoms with Gasteiger partial charge in [-0.25, -0.2) is 9.82 Å². The first-order chi connectivity index (χ1) is 9.99. The van der Waals surface area contributed by atoms with Gasteiger partial charge in [-0.1, -0.05) is 29.8 Å². The Kier molecular flexibility index (Phi) is 4.83. The molecule has 0 fully saturated rings. The van der Waals surface area contributed by atoms with Gasteiger partial charge >= 0.3 is 0 Å². The predicted molar refractivity (Wildman–Crippen MR) is 83.0 cm³/mol. The molecule has 1 unspecified atom stereocenters. The van der Waals surface area contributed by atoms with E-state index in [0.717, 1.165) is 22.4 Å². The fourth-order valence-corrected chi connectivity index (χ4v) is 2.67. The number of hydrogen-bond acceptors (Lipinski definition) is 3. The fraction of sp³-hybridized carbons (Fsp3) is 0.250. The minimum absolute atomic E-state index is 0.0771. The van der Waals surface area contributed by atoms with Gasteiger partial charge in [0.05, 0.1) is 18.2 Å². The maximum Gasteiger partial charge on any atom is 0.142 e. The molecule has 0 aliphatic carbocycles. The number of methoxy groups -OCH3 is 1. The monoisotopic (exact) mass is 308 g/mol. The summed E-state index contributed by atoms with van der Waals surface area (Å²) >= 11 is 6.07. The summed E-state index contributed by atoms with van der Waals surface area (Å²) < 4.78 is 19.0. The fourth-order valence-electron chi connectivity index (χ4n) is 2.43. The number of aryl methyl sites for hydroxylation is 2. The molecule has 2 rings (SSSR count). The van der Waals surface area contributed by atoms with Crippen molar-refractivity contribution in [2.45, 2.75) is 19.9 Å². The van der Waals surface area contributed by atoms with E-state index in [0.29, 0.717) is 5.56 Å². The first kappa shape index (κ1) is 15.8. The summed E-state index contributed by atoms with van der Waals surface area (Å²) in [7, 11) is 1.63. The predicted octanol–water partition coefficient (Wildman–Crippen LogP) is 3.66. The van der Waals surface area contributed by atoms with Gasteiger partial charge in [-0.15, -0.1) is 0 Å². The van der Waals surface area contributed by atoms with E-state index in [1.165, 1.54) is 6.07 Å².